The molecule has 0 N–H and O–H groups in total. The van der Waals surface area contributed by atoms with Crippen LogP contribution < -0.4 is 0 Å². The third-order valence-corrected chi connectivity index (χ3v) is 6.19. The molecule has 5 heteroatoms. The Labute approximate surface area is 120 Å². The maximum Gasteiger partial charge on any atom is 0.500 e. The lowest BCUT2D eigenvalue weighted by atomic mass is 10.3. The third-order valence-electron chi connectivity index (χ3n) is 3.04. The fourth-order valence-electron chi connectivity index (χ4n) is 2.26. The zero-order valence-electron chi connectivity index (χ0n) is 13.5. The minimum absolute atomic E-state index is 0.665. The molecule has 0 radical (unpaired) electrons. The molecule has 0 saturated heterocycles. The minimum Gasteiger partial charge on any atom is -0.374 e. The van der Waals surface area contributed by atoms with Crippen LogP contribution >= 0.6 is 0 Å². The van der Waals surface area contributed by atoms with E-state index in [0.29, 0.717) is 19.8 Å². The maximum absolute atomic E-state index is 5.86. The molecule has 0 aromatic carbocycles. The quantitative estimate of drug-likeness (QED) is 0.488. The fraction of sp³-hybridized carbons (Fsp3) is 1.00. The summed E-state index contributed by atoms with van der Waals surface area (Å²) < 4.78 is 17.6. The van der Waals surface area contributed by atoms with Crippen molar-refractivity contribution in [2.75, 3.05) is 39.5 Å². The van der Waals surface area contributed by atoms with Crippen LogP contribution in [-0.2, 0) is 13.3 Å². The van der Waals surface area contributed by atoms with E-state index in [4.69, 9.17) is 13.3 Å². The minimum atomic E-state index is -2.42. The van der Waals surface area contributed by atoms with Gasteiger partial charge < -0.3 is 18.2 Å². The highest BCUT2D eigenvalue weighted by atomic mass is 28.4. The smallest absolute Gasteiger partial charge is 0.374 e. The lowest BCUT2D eigenvalue weighted by Gasteiger charge is -2.29. The predicted molar refractivity (Wildman–Crippen MR) is 82.5 cm³/mol. The Balaban J connectivity index is 4.29. The molecule has 0 spiro atoms. The van der Waals surface area contributed by atoms with Crippen molar-refractivity contribution < 1.29 is 13.3 Å². The molecule has 0 unspecified atom stereocenters. The molecular formula is C14H33NO3Si. The SMILES string of the molecule is CCCN(CC)CCC[Si](OCC)(OCC)OCC. The van der Waals surface area contributed by atoms with Gasteiger partial charge in [-0.1, -0.05) is 13.8 Å². The second kappa shape index (κ2) is 11.8. The zero-order valence-corrected chi connectivity index (χ0v) is 14.5. The molecule has 0 heterocycles. The van der Waals surface area contributed by atoms with Gasteiger partial charge in [0, 0.05) is 25.9 Å². The van der Waals surface area contributed by atoms with Crippen molar-refractivity contribution in [3.63, 3.8) is 0 Å². The van der Waals surface area contributed by atoms with E-state index in [2.05, 4.69) is 18.7 Å². The summed E-state index contributed by atoms with van der Waals surface area (Å²) in [5.41, 5.74) is 0. The average molecular weight is 292 g/mol. The summed E-state index contributed by atoms with van der Waals surface area (Å²) in [6, 6.07) is 0.919. The van der Waals surface area contributed by atoms with Gasteiger partial charge in [0.2, 0.25) is 0 Å². The molecule has 0 aliphatic heterocycles. The molecule has 0 rings (SSSR count). The monoisotopic (exact) mass is 291 g/mol. The normalized spacial score (nSPS) is 12.3. The highest BCUT2D eigenvalue weighted by molar-refractivity contribution is 6.60. The van der Waals surface area contributed by atoms with Crippen molar-refractivity contribution in [2.45, 2.75) is 53.5 Å². The van der Waals surface area contributed by atoms with Gasteiger partial charge in [-0.2, -0.15) is 0 Å². The first-order valence-electron chi connectivity index (χ1n) is 7.82. The van der Waals surface area contributed by atoms with Gasteiger partial charge in [0.15, 0.2) is 0 Å². The first-order valence-corrected chi connectivity index (χ1v) is 9.75. The molecule has 0 bridgehead atoms. The molecule has 0 aliphatic carbocycles. The molecule has 116 valence electrons. The number of nitrogens with zero attached hydrogens (tertiary/aromatic N) is 1. The second-order valence-electron chi connectivity index (χ2n) is 4.52. The van der Waals surface area contributed by atoms with E-state index in [1.165, 1.54) is 13.0 Å². The fourth-order valence-corrected chi connectivity index (χ4v) is 4.86. The summed E-state index contributed by atoms with van der Waals surface area (Å²) in [4.78, 5) is 2.48. The highest BCUT2D eigenvalue weighted by Gasteiger charge is 2.39. The average Bonchev–Trinajstić information content (AvgIpc) is 2.38. The molecule has 19 heavy (non-hydrogen) atoms. The number of hydrogen-bond acceptors (Lipinski definition) is 4. The van der Waals surface area contributed by atoms with Crippen LogP contribution in [0.3, 0.4) is 0 Å². The van der Waals surface area contributed by atoms with Crippen LogP contribution in [0.1, 0.15) is 47.5 Å². The zero-order chi connectivity index (χ0) is 14.6. The van der Waals surface area contributed by atoms with Gasteiger partial charge in [-0.15, -0.1) is 0 Å². The molecule has 0 aromatic heterocycles. The number of hydrogen-bond donors (Lipinski definition) is 0. The first-order chi connectivity index (χ1) is 9.17. The molecule has 0 fully saturated rings. The summed E-state index contributed by atoms with van der Waals surface area (Å²) in [5, 5.41) is 0. The molecule has 0 aromatic rings. The standard InChI is InChI=1S/C14H33NO3Si/c1-6-12-15(7-2)13-11-14-19(16-8-3,17-9-4)18-10-5/h6-14H2,1-5H3. The van der Waals surface area contributed by atoms with Gasteiger partial charge in [0.1, 0.15) is 0 Å². The van der Waals surface area contributed by atoms with E-state index in [-0.39, 0.29) is 0 Å². The van der Waals surface area contributed by atoms with Gasteiger partial charge in [-0.3, -0.25) is 0 Å². The largest absolute Gasteiger partial charge is 0.500 e. The summed E-state index contributed by atoms with van der Waals surface area (Å²) in [6.07, 6.45) is 2.29. The first kappa shape index (κ1) is 19.1. The Morgan fingerprint density at radius 2 is 1.32 bits per heavy atom. The van der Waals surface area contributed by atoms with Crippen molar-refractivity contribution in [1.82, 2.24) is 4.90 Å². The topological polar surface area (TPSA) is 30.9 Å². The van der Waals surface area contributed by atoms with Crippen LogP contribution in [0.5, 0.6) is 0 Å². The van der Waals surface area contributed by atoms with Crippen LogP contribution in [0, 0.1) is 0 Å². The van der Waals surface area contributed by atoms with Crippen LogP contribution in [-0.4, -0.2) is 53.2 Å². The molecule has 0 aliphatic rings. The van der Waals surface area contributed by atoms with E-state index in [0.717, 1.165) is 25.6 Å². The third kappa shape index (κ3) is 8.04. The molecule has 0 atom stereocenters. The molecule has 4 nitrogen and oxygen atoms in total. The van der Waals surface area contributed by atoms with Gasteiger partial charge >= 0.3 is 8.80 Å². The lowest BCUT2D eigenvalue weighted by molar-refractivity contribution is 0.0699. The lowest BCUT2D eigenvalue weighted by Crippen LogP contribution is -2.46. The van der Waals surface area contributed by atoms with Crippen molar-refractivity contribution in [3.8, 4) is 0 Å². The molecule has 0 saturated carbocycles. The summed E-state index contributed by atoms with van der Waals surface area (Å²) in [6.45, 7) is 15.8. The van der Waals surface area contributed by atoms with E-state index in [1.54, 1.807) is 0 Å². The summed E-state index contributed by atoms with van der Waals surface area (Å²) in [7, 11) is -2.42. The van der Waals surface area contributed by atoms with Crippen LogP contribution in [0.4, 0.5) is 0 Å². The van der Waals surface area contributed by atoms with Gasteiger partial charge in [0.25, 0.3) is 0 Å². The van der Waals surface area contributed by atoms with Crippen LogP contribution in [0.25, 0.3) is 0 Å². The number of rotatable bonds is 13. The Kier molecular flexibility index (Phi) is 11.9. The Morgan fingerprint density at radius 3 is 1.68 bits per heavy atom. The predicted octanol–water partition coefficient (Wildman–Crippen LogP) is 3.16. The highest BCUT2D eigenvalue weighted by Crippen LogP contribution is 2.18. The molecular weight excluding hydrogens is 258 g/mol. The van der Waals surface area contributed by atoms with Crippen molar-refractivity contribution in [3.05, 3.63) is 0 Å². The Hall–Kier alpha value is 0.0569. The van der Waals surface area contributed by atoms with E-state index >= 15 is 0 Å². The van der Waals surface area contributed by atoms with Crippen molar-refractivity contribution in [2.24, 2.45) is 0 Å². The summed E-state index contributed by atoms with van der Waals surface area (Å²) in [5.74, 6) is 0. The van der Waals surface area contributed by atoms with E-state index in [9.17, 15) is 0 Å². The Bertz CT molecular complexity index is 188. The Morgan fingerprint density at radius 1 is 0.789 bits per heavy atom. The van der Waals surface area contributed by atoms with Crippen molar-refractivity contribution in [1.29, 1.82) is 0 Å². The molecule has 0 amide bonds. The van der Waals surface area contributed by atoms with Gasteiger partial charge in [-0.25, -0.2) is 0 Å². The van der Waals surface area contributed by atoms with Crippen molar-refractivity contribution >= 4 is 8.80 Å². The van der Waals surface area contributed by atoms with Gasteiger partial charge in [-0.05, 0) is 53.2 Å². The van der Waals surface area contributed by atoms with Gasteiger partial charge in [0.05, 0.1) is 0 Å². The van der Waals surface area contributed by atoms with Crippen LogP contribution in [0.2, 0.25) is 6.04 Å². The van der Waals surface area contributed by atoms with E-state index in [1.807, 2.05) is 20.8 Å². The second-order valence-corrected chi connectivity index (χ2v) is 7.25. The van der Waals surface area contributed by atoms with Crippen LogP contribution in [0.15, 0.2) is 0 Å². The maximum atomic E-state index is 5.86. The summed E-state index contributed by atoms with van der Waals surface area (Å²) >= 11 is 0. The van der Waals surface area contributed by atoms with E-state index < -0.39 is 8.80 Å².